The van der Waals surface area contributed by atoms with Gasteiger partial charge in [-0.15, -0.1) is 0 Å². The second-order valence-electron chi connectivity index (χ2n) is 3.65. The Morgan fingerprint density at radius 1 is 1.31 bits per heavy atom. The van der Waals surface area contributed by atoms with E-state index in [-0.39, 0.29) is 11.7 Å². The topological polar surface area (TPSA) is 53.2 Å². The van der Waals surface area contributed by atoms with Crippen LogP contribution in [0.15, 0.2) is 17.2 Å². The van der Waals surface area contributed by atoms with Crippen LogP contribution in [0.1, 0.15) is 26.2 Å². The van der Waals surface area contributed by atoms with Gasteiger partial charge in [-0.1, -0.05) is 6.92 Å². The number of carbonyl (C=O) groups excluding carboxylic acids is 1. The predicted molar refractivity (Wildman–Crippen MR) is 60.2 cm³/mol. The van der Waals surface area contributed by atoms with E-state index in [2.05, 4.69) is 4.74 Å². The molecular weight excluding hydrogens is 208 g/mol. The Labute approximate surface area is 94.6 Å². The van der Waals surface area contributed by atoms with Gasteiger partial charge in [0.1, 0.15) is 0 Å². The lowest BCUT2D eigenvalue weighted by Crippen LogP contribution is -2.24. The van der Waals surface area contributed by atoms with Crippen molar-refractivity contribution in [3.8, 4) is 0 Å². The van der Waals surface area contributed by atoms with Gasteiger partial charge >= 0.3 is 11.7 Å². The standard InChI is InChI=1S/C11H18N2O3/c1-3-6-12-8-9-13(11(12)15)7-4-5-10(14)16-2/h8-9H,3-7H2,1-2H3. The summed E-state index contributed by atoms with van der Waals surface area (Å²) in [6.07, 6.45) is 5.45. The lowest BCUT2D eigenvalue weighted by molar-refractivity contribution is -0.140. The molecule has 0 unspecified atom stereocenters. The van der Waals surface area contributed by atoms with Crippen LogP contribution < -0.4 is 5.69 Å². The highest BCUT2D eigenvalue weighted by Gasteiger charge is 2.04. The van der Waals surface area contributed by atoms with Crippen LogP contribution in [-0.2, 0) is 22.6 Å². The van der Waals surface area contributed by atoms with E-state index < -0.39 is 0 Å². The Morgan fingerprint density at radius 3 is 2.50 bits per heavy atom. The summed E-state index contributed by atoms with van der Waals surface area (Å²) in [5, 5.41) is 0. The Morgan fingerprint density at radius 2 is 1.94 bits per heavy atom. The van der Waals surface area contributed by atoms with Crippen molar-refractivity contribution in [1.82, 2.24) is 9.13 Å². The van der Waals surface area contributed by atoms with Gasteiger partial charge in [0.2, 0.25) is 0 Å². The molecule has 0 atom stereocenters. The Bertz CT molecular complexity index is 392. The first kappa shape index (κ1) is 12.5. The molecule has 5 heteroatoms. The molecule has 0 saturated carbocycles. The number of hydrogen-bond donors (Lipinski definition) is 0. The number of nitrogens with zero attached hydrogens (tertiary/aromatic N) is 2. The number of aryl methyl sites for hydroxylation is 2. The number of hydrogen-bond acceptors (Lipinski definition) is 3. The first-order valence-corrected chi connectivity index (χ1v) is 5.51. The SMILES string of the molecule is CCCn1ccn(CCCC(=O)OC)c1=O. The summed E-state index contributed by atoms with van der Waals surface area (Å²) in [7, 11) is 1.37. The maximum Gasteiger partial charge on any atom is 0.328 e. The summed E-state index contributed by atoms with van der Waals surface area (Å²) >= 11 is 0. The number of carbonyl (C=O) groups is 1. The van der Waals surface area contributed by atoms with Gasteiger partial charge < -0.3 is 4.74 Å². The van der Waals surface area contributed by atoms with Gasteiger partial charge in [0.05, 0.1) is 7.11 Å². The number of rotatable bonds is 6. The average molecular weight is 226 g/mol. The van der Waals surface area contributed by atoms with Crippen molar-refractivity contribution in [3.05, 3.63) is 22.9 Å². The number of esters is 1. The number of ether oxygens (including phenoxy) is 1. The molecule has 0 aliphatic heterocycles. The van der Waals surface area contributed by atoms with E-state index >= 15 is 0 Å². The highest BCUT2D eigenvalue weighted by atomic mass is 16.5. The van der Waals surface area contributed by atoms with Crippen LogP contribution in [0.3, 0.4) is 0 Å². The average Bonchev–Trinajstić information content (AvgIpc) is 2.62. The van der Waals surface area contributed by atoms with Crippen molar-refractivity contribution >= 4 is 5.97 Å². The van der Waals surface area contributed by atoms with Crippen LogP contribution in [-0.4, -0.2) is 22.2 Å². The number of methoxy groups -OCH3 is 1. The molecule has 16 heavy (non-hydrogen) atoms. The molecular formula is C11H18N2O3. The second-order valence-corrected chi connectivity index (χ2v) is 3.65. The molecule has 1 aromatic rings. The number of imidazole rings is 1. The second kappa shape index (κ2) is 6.15. The van der Waals surface area contributed by atoms with Gasteiger partial charge in [0.25, 0.3) is 0 Å². The van der Waals surface area contributed by atoms with Gasteiger partial charge in [-0.25, -0.2) is 4.79 Å². The molecule has 1 aromatic heterocycles. The van der Waals surface area contributed by atoms with Gasteiger partial charge in [0.15, 0.2) is 0 Å². The first-order chi connectivity index (χ1) is 7.69. The van der Waals surface area contributed by atoms with E-state index in [1.807, 2.05) is 6.92 Å². The molecule has 0 spiro atoms. The van der Waals surface area contributed by atoms with E-state index in [4.69, 9.17) is 0 Å². The summed E-state index contributed by atoms with van der Waals surface area (Å²) in [6.45, 7) is 3.33. The third-order valence-corrected chi connectivity index (χ3v) is 2.39. The van der Waals surface area contributed by atoms with Crippen molar-refractivity contribution in [1.29, 1.82) is 0 Å². The van der Waals surface area contributed by atoms with Crippen LogP contribution in [0.4, 0.5) is 0 Å². The smallest absolute Gasteiger partial charge is 0.328 e. The summed E-state index contributed by atoms with van der Waals surface area (Å²) in [5.41, 5.74) is -0.00767. The summed E-state index contributed by atoms with van der Waals surface area (Å²) in [5.74, 6) is -0.235. The Balaban J connectivity index is 2.48. The molecule has 0 N–H and O–H groups in total. The fourth-order valence-corrected chi connectivity index (χ4v) is 1.53. The monoisotopic (exact) mass is 226 g/mol. The predicted octanol–water partition coefficient (Wildman–Crippen LogP) is 1.01. The fourth-order valence-electron chi connectivity index (χ4n) is 1.53. The molecule has 1 rings (SSSR count). The summed E-state index contributed by atoms with van der Waals surface area (Å²) < 4.78 is 7.83. The highest BCUT2D eigenvalue weighted by Crippen LogP contribution is 1.96. The molecule has 5 nitrogen and oxygen atoms in total. The minimum Gasteiger partial charge on any atom is -0.469 e. The molecule has 0 radical (unpaired) electrons. The molecule has 1 heterocycles. The quantitative estimate of drug-likeness (QED) is 0.680. The zero-order chi connectivity index (χ0) is 12.0. The lowest BCUT2D eigenvalue weighted by atomic mass is 10.3. The van der Waals surface area contributed by atoms with Crippen LogP contribution in [0.25, 0.3) is 0 Å². The Hall–Kier alpha value is -1.52. The van der Waals surface area contributed by atoms with Crippen molar-refractivity contribution in [2.24, 2.45) is 0 Å². The largest absolute Gasteiger partial charge is 0.469 e. The molecule has 0 saturated heterocycles. The van der Waals surface area contributed by atoms with Crippen LogP contribution >= 0.6 is 0 Å². The van der Waals surface area contributed by atoms with Gasteiger partial charge in [-0.05, 0) is 12.8 Å². The summed E-state index contributed by atoms with van der Waals surface area (Å²) in [6, 6.07) is 0. The van der Waals surface area contributed by atoms with Crippen LogP contribution in [0.5, 0.6) is 0 Å². The van der Waals surface area contributed by atoms with Crippen molar-refractivity contribution in [3.63, 3.8) is 0 Å². The minimum absolute atomic E-state index is 0.00767. The van der Waals surface area contributed by atoms with Crippen LogP contribution in [0, 0.1) is 0 Å². The van der Waals surface area contributed by atoms with Crippen molar-refractivity contribution < 1.29 is 9.53 Å². The molecule has 0 aliphatic rings. The first-order valence-electron chi connectivity index (χ1n) is 5.51. The molecule has 90 valence electrons. The molecule has 0 aliphatic carbocycles. The maximum atomic E-state index is 11.7. The van der Waals surface area contributed by atoms with E-state index in [9.17, 15) is 9.59 Å². The van der Waals surface area contributed by atoms with E-state index in [1.54, 1.807) is 21.5 Å². The van der Waals surface area contributed by atoms with E-state index in [1.165, 1.54) is 7.11 Å². The zero-order valence-corrected chi connectivity index (χ0v) is 9.81. The summed E-state index contributed by atoms with van der Waals surface area (Å²) in [4.78, 5) is 22.6. The van der Waals surface area contributed by atoms with Gasteiger partial charge in [-0.2, -0.15) is 0 Å². The molecule has 0 bridgehead atoms. The molecule has 0 aromatic carbocycles. The highest BCUT2D eigenvalue weighted by molar-refractivity contribution is 5.68. The molecule has 0 amide bonds. The van der Waals surface area contributed by atoms with E-state index in [0.717, 1.165) is 13.0 Å². The Kier molecular flexibility index (Phi) is 4.82. The molecule has 0 fully saturated rings. The third kappa shape index (κ3) is 3.25. The van der Waals surface area contributed by atoms with Gasteiger partial charge in [0, 0.05) is 31.9 Å². The van der Waals surface area contributed by atoms with E-state index in [0.29, 0.717) is 19.4 Å². The van der Waals surface area contributed by atoms with Crippen molar-refractivity contribution in [2.75, 3.05) is 7.11 Å². The zero-order valence-electron chi connectivity index (χ0n) is 9.81. The van der Waals surface area contributed by atoms with Gasteiger partial charge in [-0.3, -0.25) is 13.9 Å². The third-order valence-electron chi connectivity index (χ3n) is 2.39. The normalized spacial score (nSPS) is 10.4. The lowest BCUT2D eigenvalue weighted by Gasteiger charge is -2.01. The van der Waals surface area contributed by atoms with Crippen LogP contribution in [0.2, 0.25) is 0 Å². The number of aromatic nitrogens is 2. The minimum atomic E-state index is -0.235. The van der Waals surface area contributed by atoms with Crippen molar-refractivity contribution in [2.45, 2.75) is 39.3 Å². The fraction of sp³-hybridized carbons (Fsp3) is 0.636. The maximum absolute atomic E-state index is 11.7.